The molecule has 1 fully saturated rings. The molecule has 1 amide bonds. The van der Waals surface area contributed by atoms with E-state index in [2.05, 4.69) is 10.2 Å². The van der Waals surface area contributed by atoms with Gasteiger partial charge in [-0.3, -0.25) is 14.7 Å². The molecule has 2 aromatic heterocycles. The predicted molar refractivity (Wildman–Crippen MR) is 99.1 cm³/mol. The van der Waals surface area contributed by atoms with Gasteiger partial charge < -0.3 is 4.90 Å². The Bertz CT molecular complexity index is 777. The summed E-state index contributed by atoms with van der Waals surface area (Å²) in [5.41, 5.74) is 4.19. The summed E-state index contributed by atoms with van der Waals surface area (Å²) in [6.07, 6.45) is 2.86. The minimum absolute atomic E-state index is 0.0654. The lowest BCUT2D eigenvalue weighted by Gasteiger charge is -2.32. The van der Waals surface area contributed by atoms with Crippen molar-refractivity contribution in [3.8, 4) is 0 Å². The molecule has 0 aromatic carbocycles. The zero-order valence-corrected chi connectivity index (χ0v) is 15.9. The fourth-order valence-electron chi connectivity index (χ4n) is 3.39. The lowest BCUT2D eigenvalue weighted by atomic mass is 9.92. The second-order valence-corrected chi connectivity index (χ2v) is 7.81. The quantitative estimate of drug-likeness (QED) is 0.832. The third-order valence-corrected chi connectivity index (χ3v) is 6.19. The number of thiophene rings is 1. The highest BCUT2D eigenvalue weighted by Crippen LogP contribution is 2.26. The van der Waals surface area contributed by atoms with E-state index in [0.717, 1.165) is 46.8 Å². The van der Waals surface area contributed by atoms with E-state index in [1.165, 1.54) is 11.3 Å². The van der Waals surface area contributed by atoms with Crippen LogP contribution in [0.1, 0.15) is 51.4 Å². The molecule has 0 spiro atoms. The van der Waals surface area contributed by atoms with Gasteiger partial charge in [-0.05, 0) is 56.2 Å². The Morgan fingerprint density at radius 1 is 1.36 bits per heavy atom. The fourth-order valence-corrected chi connectivity index (χ4v) is 4.34. The number of nitrogens with one attached hydrogen (secondary N) is 1. The Morgan fingerprint density at radius 3 is 2.80 bits per heavy atom. The van der Waals surface area contributed by atoms with Crippen LogP contribution in [-0.4, -0.2) is 39.9 Å². The molecular formula is C19H25N3O2S. The number of aromatic nitrogens is 2. The minimum Gasteiger partial charge on any atom is -0.342 e. The van der Waals surface area contributed by atoms with Crippen molar-refractivity contribution in [2.45, 2.75) is 46.5 Å². The van der Waals surface area contributed by atoms with Gasteiger partial charge in [-0.2, -0.15) is 5.10 Å². The van der Waals surface area contributed by atoms with Gasteiger partial charge in [0.25, 0.3) is 0 Å². The molecule has 0 saturated carbocycles. The Morgan fingerprint density at radius 2 is 2.16 bits per heavy atom. The first-order valence-corrected chi connectivity index (χ1v) is 9.72. The van der Waals surface area contributed by atoms with E-state index in [4.69, 9.17) is 0 Å². The summed E-state index contributed by atoms with van der Waals surface area (Å²) < 4.78 is 0. The first-order valence-electron chi connectivity index (χ1n) is 8.84. The summed E-state index contributed by atoms with van der Waals surface area (Å²) in [4.78, 5) is 28.0. The molecule has 6 heteroatoms. The van der Waals surface area contributed by atoms with Gasteiger partial charge in [-0.1, -0.05) is 0 Å². The number of likely N-dealkylation sites (tertiary alicyclic amines) is 1. The van der Waals surface area contributed by atoms with Crippen LogP contribution in [0.3, 0.4) is 0 Å². The number of amides is 1. The van der Waals surface area contributed by atoms with E-state index >= 15 is 0 Å². The van der Waals surface area contributed by atoms with Gasteiger partial charge in [-0.15, -0.1) is 11.3 Å². The van der Waals surface area contributed by atoms with Gasteiger partial charge in [0.1, 0.15) is 0 Å². The highest BCUT2D eigenvalue weighted by molar-refractivity contribution is 7.12. The summed E-state index contributed by atoms with van der Waals surface area (Å²) in [5, 5.41) is 9.20. The van der Waals surface area contributed by atoms with Crippen LogP contribution in [0.25, 0.3) is 0 Å². The van der Waals surface area contributed by atoms with E-state index in [-0.39, 0.29) is 17.6 Å². The van der Waals surface area contributed by atoms with E-state index in [1.54, 1.807) is 0 Å². The normalized spacial score (nSPS) is 17.7. The number of aryl methyl sites for hydroxylation is 3. The number of hydrogen-bond acceptors (Lipinski definition) is 4. The molecule has 0 bridgehead atoms. The number of ketones is 1. The fraction of sp³-hybridized carbons (Fsp3) is 0.526. The number of nitrogens with zero attached hydrogens (tertiary/aromatic N) is 2. The molecule has 3 heterocycles. The highest BCUT2D eigenvalue weighted by Gasteiger charge is 2.30. The SMILES string of the molecule is Cc1ccsc1C(=O)[C@H]1CCCN(C(=O)CCc2n[nH]c(C)c2C)C1. The maximum Gasteiger partial charge on any atom is 0.222 e. The van der Waals surface area contributed by atoms with Crippen LogP contribution in [-0.2, 0) is 11.2 Å². The monoisotopic (exact) mass is 359 g/mol. The lowest BCUT2D eigenvalue weighted by Crippen LogP contribution is -2.42. The molecule has 3 rings (SSSR count). The van der Waals surface area contributed by atoms with Crippen molar-refractivity contribution in [1.82, 2.24) is 15.1 Å². The molecule has 0 aliphatic carbocycles. The van der Waals surface area contributed by atoms with Gasteiger partial charge in [0.15, 0.2) is 5.78 Å². The van der Waals surface area contributed by atoms with Crippen molar-refractivity contribution < 1.29 is 9.59 Å². The number of carbonyl (C=O) groups excluding carboxylic acids is 2. The first-order chi connectivity index (χ1) is 12.0. The van der Waals surface area contributed by atoms with Gasteiger partial charge in [0.05, 0.1) is 10.6 Å². The van der Waals surface area contributed by atoms with Gasteiger partial charge in [-0.25, -0.2) is 0 Å². The van der Waals surface area contributed by atoms with Gasteiger partial charge >= 0.3 is 0 Å². The van der Waals surface area contributed by atoms with Crippen LogP contribution in [0.15, 0.2) is 11.4 Å². The van der Waals surface area contributed by atoms with Crippen LogP contribution >= 0.6 is 11.3 Å². The Labute approximate surface area is 152 Å². The van der Waals surface area contributed by atoms with Crippen LogP contribution in [0.4, 0.5) is 0 Å². The maximum atomic E-state index is 12.7. The summed E-state index contributed by atoms with van der Waals surface area (Å²) in [6, 6.07) is 1.98. The first kappa shape index (κ1) is 17.9. The average molecular weight is 359 g/mol. The van der Waals surface area contributed by atoms with Crippen molar-refractivity contribution in [1.29, 1.82) is 0 Å². The number of hydrogen-bond donors (Lipinski definition) is 1. The molecule has 0 radical (unpaired) electrons. The van der Waals surface area contributed by atoms with Crippen LogP contribution < -0.4 is 0 Å². The molecule has 5 nitrogen and oxygen atoms in total. The summed E-state index contributed by atoms with van der Waals surface area (Å²) in [7, 11) is 0. The van der Waals surface area contributed by atoms with Crippen molar-refractivity contribution in [2.75, 3.05) is 13.1 Å². The Hall–Kier alpha value is -1.95. The standard InChI is InChI=1S/C19H25N3O2S/c1-12-8-10-25-19(12)18(24)15-5-4-9-22(11-15)17(23)7-6-16-13(2)14(3)20-21-16/h8,10,15H,4-7,9,11H2,1-3H3,(H,20,21)/t15-/m0/s1. The molecule has 0 unspecified atom stereocenters. The average Bonchev–Trinajstić information content (AvgIpc) is 3.19. The maximum absolute atomic E-state index is 12.7. The minimum atomic E-state index is -0.0654. The summed E-state index contributed by atoms with van der Waals surface area (Å²) >= 11 is 1.51. The van der Waals surface area contributed by atoms with Gasteiger partial charge in [0, 0.05) is 37.5 Å². The highest BCUT2D eigenvalue weighted by atomic mass is 32.1. The number of piperidine rings is 1. The molecular weight excluding hydrogens is 334 g/mol. The molecule has 1 aliphatic heterocycles. The third-order valence-electron chi connectivity index (χ3n) is 5.16. The molecule has 1 N–H and O–H groups in total. The van der Waals surface area contributed by atoms with E-state index in [1.807, 2.05) is 37.1 Å². The molecule has 1 saturated heterocycles. The Balaban J connectivity index is 1.59. The van der Waals surface area contributed by atoms with Crippen molar-refractivity contribution in [2.24, 2.45) is 5.92 Å². The molecule has 2 aromatic rings. The lowest BCUT2D eigenvalue weighted by molar-refractivity contribution is -0.132. The van der Waals surface area contributed by atoms with Crippen LogP contribution in [0.2, 0.25) is 0 Å². The molecule has 25 heavy (non-hydrogen) atoms. The van der Waals surface area contributed by atoms with E-state index in [0.29, 0.717) is 19.4 Å². The van der Waals surface area contributed by atoms with Crippen molar-refractivity contribution in [3.05, 3.63) is 38.8 Å². The van der Waals surface area contributed by atoms with Crippen LogP contribution in [0, 0.1) is 26.7 Å². The third kappa shape index (κ3) is 3.84. The van der Waals surface area contributed by atoms with E-state index in [9.17, 15) is 9.59 Å². The zero-order chi connectivity index (χ0) is 18.0. The summed E-state index contributed by atoms with van der Waals surface area (Å²) in [6.45, 7) is 7.29. The smallest absolute Gasteiger partial charge is 0.222 e. The second-order valence-electron chi connectivity index (χ2n) is 6.90. The zero-order valence-electron chi connectivity index (χ0n) is 15.1. The molecule has 134 valence electrons. The number of Topliss-reactive ketones (excluding diaryl/α,β-unsaturated/α-hetero) is 1. The Kier molecular flexibility index (Phi) is 5.37. The number of H-pyrrole nitrogens is 1. The van der Waals surface area contributed by atoms with Crippen molar-refractivity contribution in [3.63, 3.8) is 0 Å². The predicted octanol–water partition coefficient (Wildman–Crippen LogP) is 3.45. The number of rotatable bonds is 5. The number of aromatic amines is 1. The van der Waals surface area contributed by atoms with E-state index < -0.39 is 0 Å². The second kappa shape index (κ2) is 7.52. The number of carbonyl (C=O) groups is 2. The molecule has 1 atom stereocenters. The van der Waals surface area contributed by atoms with Crippen LogP contribution in [0.5, 0.6) is 0 Å². The topological polar surface area (TPSA) is 66.1 Å². The van der Waals surface area contributed by atoms with Gasteiger partial charge in [0.2, 0.25) is 5.91 Å². The van der Waals surface area contributed by atoms with Crippen molar-refractivity contribution >= 4 is 23.0 Å². The molecule has 1 aliphatic rings. The summed E-state index contributed by atoms with van der Waals surface area (Å²) in [5.74, 6) is 0.258. The largest absolute Gasteiger partial charge is 0.342 e.